The standard InChI is InChI=1S/C56H74N4O8.C55H73N5O8/c1-5-9-14-23-43(55(65)58-48(51(61)8-4)28-15-10-6-2)40-52(62)49(29-16-11-7-3)59-56(66)50(60-54(64)42-33-37-47(38-34-42)68-45-26-19-13-20-27-45)30-21-22-39-57-53(63)41-31-35-46(36-32-41)67-44-24-17-12-18-25-44;1-4-7-11-21-42(54(65)58-47(50(61)6-3)27-17-19-37-56)39-51(62)48(26-12-8-5-2)59-55(66)49(60-53(64)41-31-35-46(36-32-41)68-44-24-15-10-16-25-44)28-18-20-38-57-52(63)40-29-33-45(34-30-40)67-43-22-13-9-14-23-43/h12-13,17-20,24-27,31-38,43,48-50H,5-11,14-16,21-23,28-30,39-40H2,1-4H3,(H,57,63)(H,58,65)(H,59,66)(H,60,64);9-10,13-16,22-25,29-36,42,47-49H,4-8,11-12,17-21,26-28,37-39,56H2,1-3H3,(H,57,63)(H,58,65)(H,59,66)(H,60,64)/t43-,48+,49+,50+;42-,47+,48+,49+/m11/s1. The van der Waals surface area contributed by atoms with Crippen LogP contribution in [0.4, 0.5) is 0 Å². The smallest absolute Gasteiger partial charge is 0.251 e. The van der Waals surface area contributed by atoms with Crippen LogP contribution in [0.2, 0.25) is 0 Å². The summed E-state index contributed by atoms with van der Waals surface area (Å²) in [7, 11) is 0. The molecule has 136 heavy (non-hydrogen) atoms. The van der Waals surface area contributed by atoms with Crippen LogP contribution in [0, 0.1) is 11.8 Å². The van der Waals surface area contributed by atoms with Crippen LogP contribution < -0.4 is 67.2 Å². The maximum atomic E-state index is 14.3. The number of nitrogens with one attached hydrogen (secondary N) is 8. The number of Topliss-reactive ketones (excluding diaryl/α,β-unsaturated/α-hetero) is 4. The van der Waals surface area contributed by atoms with Crippen molar-refractivity contribution >= 4 is 70.4 Å². The number of unbranched alkanes of at least 4 members (excludes halogenated alkanes) is 13. The minimum Gasteiger partial charge on any atom is -0.457 e. The Morgan fingerprint density at radius 2 is 0.463 bits per heavy atom. The molecular formula is C111H147N9O16. The van der Waals surface area contributed by atoms with E-state index < -0.39 is 71.7 Å². The molecule has 25 nitrogen and oxygen atoms in total. The first-order valence-electron chi connectivity index (χ1n) is 49.6. The minimum atomic E-state index is -1.02. The van der Waals surface area contributed by atoms with Gasteiger partial charge < -0.3 is 67.2 Å². The van der Waals surface area contributed by atoms with E-state index in [1.807, 2.05) is 121 Å². The van der Waals surface area contributed by atoms with Crippen molar-refractivity contribution in [1.82, 2.24) is 42.5 Å². The van der Waals surface area contributed by atoms with E-state index in [-0.39, 0.29) is 78.9 Å². The monoisotopic (exact) mass is 1860 g/mol. The number of para-hydroxylation sites is 4. The van der Waals surface area contributed by atoms with Crippen molar-refractivity contribution in [1.29, 1.82) is 0 Å². The quantitative estimate of drug-likeness (QED) is 0.0160. The summed E-state index contributed by atoms with van der Waals surface area (Å²) in [5.74, 6) is -0.0929. The van der Waals surface area contributed by atoms with Gasteiger partial charge >= 0.3 is 0 Å². The van der Waals surface area contributed by atoms with Crippen LogP contribution in [0.25, 0.3) is 0 Å². The number of amides is 8. The van der Waals surface area contributed by atoms with Gasteiger partial charge in [0, 0.05) is 72.9 Å². The first-order valence-corrected chi connectivity index (χ1v) is 49.6. The molecule has 8 atom stereocenters. The number of ketones is 4. The second kappa shape index (κ2) is 64.3. The summed E-state index contributed by atoms with van der Waals surface area (Å²) in [4.78, 5) is 164. The molecular weight excluding hydrogens is 1720 g/mol. The van der Waals surface area contributed by atoms with Crippen molar-refractivity contribution in [3.05, 3.63) is 241 Å². The molecule has 0 bridgehead atoms. The molecule has 8 rings (SSSR count). The van der Waals surface area contributed by atoms with Crippen LogP contribution in [0.1, 0.15) is 302 Å². The molecule has 8 aromatic carbocycles. The van der Waals surface area contributed by atoms with Crippen LogP contribution in [-0.2, 0) is 38.4 Å². The first-order chi connectivity index (χ1) is 66.1. The lowest BCUT2D eigenvalue weighted by Crippen LogP contribution is -2.52. The highest BCUT2D eigenvalue weighted by Gasteiger charge is 2.35. The minimum absolute atomic E-state index is 0.0234. The van der Waals surface area contributed by atoms with Gasteiger partial charge in [-0.15, -0.1) is 0 Å². The van der Waals surface area contributed by atoms with E-state index >= 15 is 0 Å². The van der Waals surface area contributed by atoms with E-state index in [0.29, 0.717) is 178 Å². The molecule has 8 aromatic rings. The number of carbonyl (C=O) groups is 12. The van der Waals surface area contributed by atoms with Gasteiger partial charge in [-0.2, -0.15) is 0 Å². The van der Waals surface area contributed by atoms with Crippen LogP contribution in [0.5, 0.6) is 46.0 Å². The molecule has 8 amide bonds. The normalized spacial score (nSPS) is 12.7. The average Bonchev–Trinajstić information content (AvgIpc) is 0.866. The average molecular weight is 1860 g/mol. The summed E-state index contributed by atoms with van der Waals surface area (Å²) in [5.41, 5.74) is 7.28. The Morgan fingerprint density at radius 3 is 0.728 bits per heavy atom. The van der Waals surface area contributed by atoms with Crippen molar-refractivity contribution in [3.8, 4) is 46.0 Å². The zero-order chi connectivity index (χ0) is 97.9. The zero-order valence-electron chi connectivity index (χ0n) is 81.0. The van der Waals surface area contributed by atoms with E-state index in [9.17, 15) is 57.5 Å². The summed E-state index contributed by atoms with van der Waals surface area (Å²) >= 11 is 0. The largest absolute Gasteiger partial charge is 0.457 e. The summed E-state index contributed by atoms with van der Waals surface area (Å²) < 4.78 is 23.5. The molecule has 732 valence electrons. The summed E-state index contributed by atoms with van der Waals surface area (Å²) in [6.45, 7) is 15.0. The number of hydrogen-bond acceptors (Lipinski definition) is 17. The van der Waals surface area contributed by atoms with Gasteiger partial charge in [-0.3, -0.25) is 57.5 Å². The third-order valence-electron chi connectivity index (χ3n) is 23.7. The van der Waals surface area contributed by atoms with Gasteiger partial charge in [0.1, 0.15) is 58.1 Å². The molecule has 0 fully saturated rings. The number of rotatable bonds is 66. The van der Waals surface area contributed by atoms with Gasteiger partial charge in [-0.25, -0.2) is 0 Å². The highest BCUT2D eigenvalue weighted by molar-refractivity contribution is 6.01. The van der Waals surface area contributed by atoms with Gasteiger partial charge in [0.25, 0.3) is 23.6 Å². The second-order valence-corrected chi connectivity index (χ2v) is 34.7. The molecule has 0 spiro atoms. The second-order valence-electron chi connectivity index (χ2n) is 34.7. The number of ether oxygens (including phenoxy) is 4. The number of benzene rings is 8. The zero-order valence-corrected chi connectivity index (χ0v) is 81.0. The van der Waals surface area contributed by atoms with Gasteiger partial charge in [-0.05, 0) is 242 Å². The van der Waals surface area contributed by atoms with Crippen LogP contribution in [-0.4, -0.2) is 126 Å². The molecule has 0 saturated carbocycles. The van der Waals surface area contributed by atoms with E-state index in [1.165, 1.54) is 0 Å². The number of nitrogens with two attached hydrogens (primary N) is 1. The van der Waals surface area contributed by atoms with Crippen molar-refractivity contribution < 1.29 is 76.5 Å². The summed E-state index contributed by atoms with van der Waals surface area (Å²) in [5, 5.41) is 23.6. The first kappa shape index (κ1) is 110. The summed E-state index contributed by atoms with van der Waals surface area (Å²) in [6.07, 6.45) is 19.7. The lowest BCUT2D eigenvalue weighted by Gasteiger charge is -2.26. The third-order valence-corrected chi connectivity index (χ3v) is 23.7. The fraction of sp³-hybridized carbons (Fsp3) is 0.459. The third kappa shape index (κ3) is 41.7. The Kier molecular flexibility index (Phi) is 52.2. The Bertz CT molecular complexity index is 4570. The van der Waals surface area contributed by atoms with Gasteiger partial charge in [-0.1, -0.05) is 218 Å². The highest BCUT2D eigenvalue weighted by Crippen LogP contribution is 2.29. The van der Waals surface area contributed by atoms with Crippen LogP contribution in [0.3, 0.4) is 0 Å². The molecule has 0 aliphatic heterocycles. The Balaban J connectivity index is 0.000000371. The number of hydrogen-bond donors (Lipinski definition) is 9. The molecule has 0 aromatic heterocycles. The molecule has 0 aliphatic rings. The van der Waals surface area contributed by atoms with Crippen molar-refractivity contribution in [2.75, 3.05) is 19.6 Å². The van der Waals surface area contributed by atoms with E-state index in [4.69, 9.17) is 24.7 Å². The van der Waals surface area contributed by atoms with E-state index in [0.717, 1.165) is 89.9 Å². The maximum Gasteiger partial charge on any atom is 0.251 e. The fourth-order valence-electron chi connectivity index (χ4n) is 15.6. The Hall–Kier alpha value is -12.6. The molecule has 0 saturated heterocycles. The molecule has 0 radical (unpaired) electrons. The lowest BCUT2D eigenvalue weighted by atomic mass is 9.90. The summed E-state index contributed by atoms with van der Waals surface area (Å²) in [6, 6.07) is 59.2. The van der Waals surface area contributed by atoms with Crippen molar-refractivity contribution in [2.45, 2.75) is 297 Å². The lowest BCUT2D eigenvalue weighted by molar-refractivity contribution is -0.134. The molecule has 0 unspecified atom stereocenters. The fourth-order valence-corrected chi connectivity index (χ4v) is 15.6. The predicted molar refractivity (Wildman–Crippen MR) is 535 cm³/mol. The molecule has 0 heterocycles. The Morgan fingerprint density at radius 1 is 0.235 bits per heavy atom. The van der Waals surface area contributed by atoms with Crippen molar-refractivity contribution in [2.24, 2.45) is 17.6 Å². The molecule has 10 N–H and O–H groups in total. The topological polar surface area (TPSA) is 364 Å². The Labute approximate surface area is 805 Å². The van der Waals surface area contributed by atoms with Crippen LogP contribution in [0.15, 0.2) is 218 Å². The highest BCUT2D eigenvalue weighted by atomic mass is 16.5. The molecule has 25 heteroatoms. The van der Waals surface area contributed by atoms with Gasteiger partial charge in [0.05, 0.1) is 24.2 Å². The van der Waals surface area contributed by atoms with E-state index in [1.54, 1.807) is 111 Å². The number of carbonyl (C=O) groups excluding carboxylic acids is 12. The SMILES string of the molecule is CCCCC[C@H](CC(=O)[C@H](CCCCC)NC(=O)[C@H](CCCCNC(=O)c1ccc(Oc2ccccc2)cc1)NC(=O)c1ccc(Oc2ccccc2)cc1)C(=O)N[C@@H](CCCCC)C(=O)CC.CCCCC[C@H](CC(=O)[C@H](CCCCC)NC(=O)[C@H](CCCCNC(=O)c1ccc(Oc2ccccc2)cc1)NC(=O)c1ccc(Oc2ccccc2)cc1)C(=O)N[C@@H](CCCCN)C(=O)CC. The van der Waals surface area contributed by atoms with Crippen LogP contribution >= 0.6 is 0 Å². The van der Waals surface area contributed by atoms with E-state index in [2.05, 4.69) is 77.2 Å². The van der Waals surface area contributed by atoms with Gasteiger partial charge in [0.15, 0.2) is 23.1 Å². The predicted octanol–water partition coefficient (Wildman–Crippen LogP) is 21.0. The molecule has 0 aliphatic carbocycles. The van der Waals surface area contributed by atoms with Crippen molar-refractivity contribution in [3.63, 3.8) is 0 Å². The maximum absolute atomic E-state index is 14.3. The van der Waals surface area contributed by atoms with Gasteiger partial charge in [0.2, 0.25) is 23.6 Å².